The Kier molecular flexibility index (Phi) is 4.82. The number of fused-ring (bicyclic) bond motifs is 1. The van der Waals surface area contributed by atoms with Crippen LogP contribution in [-0.4, -0.2) is 17.3 Å². The van der Waals surface area contributed by atoms with Gasteiger partial charge in [-0.1, -0.05) is 0 Å². The van der Waals surface area contributed by atoms with E-state index in [9.17, 15) is 5.11 Å². The zero-order valence-corrected chi connectivity index (χ0v) is 12.5. The van der Waals surface area contributed by atoms with Crippen molar-refractivity contribution in [3.05, 3.63) is 21.4 Å². The first-order valence-corrected chi connectivity index (χ1v) is 7.93. The molecule has 3 heteroatoms. The van der Waals surface area contributed by atoms with Gasteiger partial charge < -0.3 is 10.4 Å². The summed E-state index contributed by atoms with van der Waals surface area (Å²) >= 11 is 1.98. The average Bonchev–Trinajstić information content (AvgIpc) is 2.71. The molecule has 0 saturated heterocycles. The Hall–Kier alpha value is -0.380. The number of nitrogens with one attached hydrogen (secondary N) is 1. The predicted octanol–water partition coefficient (Wildman–Crippen LogP) is 3.44. The fourth-order valence-corrected chi connectivity index (χ4v) is 4.08. The van der Waals surface area contributed by atoms with E-state index in [1.807, 2.05) is 18.3 Å². The monoisotopic (exact) mass is 267 g/mol. The summed E-state index contributed by atoms with van der Waals surface area (Å²) in [5, 5.41) is 13.0. The van der Waals surface area contributed by atoms with Gasteiger partial charge in [-0.05, 0) is 64.5 Å². The van der Waals surface area contributed by atoms with E-state index in [0.717, 1.165) is 6.42 Å². The van der Waals surface area contributed by atoms with Crippen LogP contribution in [0, 0.1) is 0 Å². The van der Waals surface area contributed by atoms with Crippen molar-refractivity contribution in [1.29, 1.82) is 0 Å². The van der Waals surface area contributed by atoms with E-state index in [-0.39, 0.29) is 6.10 Å². The molecule has 2 rings (SSSR count). The molecule has 1 aliphatic carbocycles. The van der Waals surface area contributed by atoms with Gasteiger partial charge >= 0.3 is 0 Å². The van der Waals surface area contributed by atoms with Crippen LogP contribution in [0.15, 0.2) is 6.07 Å². The van der Waals surface area contributed by atoms with Gasteiger partial charge in [0.05, 0.1) is 6.10 Å². The molecule has 0 saturated carbocycles. The number of hydrogen-bond donors (Lipinski definition) is 2. The SMILES string of the molecule is CC(O)CC(C)NC(C)c1cc2c(s1)CCCC2. The smallest absolute Gasteiger partial charge is 0.0526 e. The summed E-state index contributed by atoms with van der Waals surface area (Å²) in [4.78, 5) is 3.06. The quantitative estimate of drug-likeness (QED) is 0.856. The predicted molar refractivity (Wildman–Crippen MR) is 78.3 cm³/mol. The van der Waals surface area contributed by atoms with Crippen LogP contribution in [-0.2, 0) is 12.8 Å². The van der Waals surface area contributed by atoms with Crippen LogP contribution in [0.4, 0.5) is 0 Å². The molecule has 0 fully saturated rings. The Balaban J connectivity index is 1.96. The van der Waals surface area contributed by atoms with Crippen molar-refractivity contribution in [2.45, 2.75) is 71.1 Å². The molecule has 1 aromatic heterocycles. The molecule has 1 aromatic rings. The molecule has 2 N–H and O–H groups in total. The normalized spacial score (nSPS) is 20.2. The molecular formula is C15H25NOS. The molecule has 1 heterocycles. The second kappa shape index (κ2) is 6.18. The van der Waals surface area contributed by atoms with Gasteiger partial charge in [0, 0.05) is 21.8 Å². The molecule has 3 unspecified atom stereocenters. The van der Waals surface area contributed by atoms with E-state index in [2.05, 4.69) is 25.2 Å². The summed E-state index contributed by atoms with van der Waals surface area (Å²) < 4.78 is 0. The van der Waals surface area contributed by atoms with Gasteiger partial charge in [0.1, 0.15) is 0 Å². The number of aliphatic hydroxyl groups excluding tert-OH is 1. The lowest BCUT2D eigenvalue weighted by Gasteiger charge is -2.20. The molecule has 18 heavy (non-hydrogen) atoms. The van der Waals surface area contributed by atoms with Gasteiger partial charge in [0.15, 0.2) is 0 Å². The van der Waals surface area contributed by atoms with E-state index in [1.54, 1.807) is 10.4 Å². The largest absolute Gasteiger partial charge is 0.393 e. The van der Waals surface area contributed by atoms with Crippen molar-refractivity contribution in [3.63, 3.8) is 0 Å². The van der Waals surface area contributed by atoms with Gasteiger partial charge in [0.2, 0.25) is 0 Å². The lowest BCUT2D eigenvalue weighted by Crippen LogP contribution is -2.31. The number of aryl methyl sites for hydroxylation is 2. The van der Waals surface area contributed by atoms with Crippen molar-refractivity contribution >= 4 is 11.3 Å². The third-order valence-corrected chi connectivity index (χ3v) is 5.09. The minimum atomic E-state index is -0.226. The Morgan fingerprint density at radius 1 is 1.28 bits per heavy atom. The molecule has 0 aromatic carbocycles. The van der Waals surface area contributed by atoms with Crippen LogP contribution in [0.25, 0.3) is 0 Å². The van der Waals surface area contributed by atoms with Crippen molar-refractivity contribution in [2.24, 2.45) is 0 Å². The Bertz CT molecular complexity index is 362. The maximum Gasteiger partial charge on any atom is 0.0526 e. The summed E-state index contributed by atoms with van der Waals surface area (Å²) in [5.41, 5.74) is 1.58. The molecule has 102 valence electrons. The summed E-state index contributed by atoms with van der Waals surface area (Å²) in [6.07, 6.45) is 5.83. The number of rotatable bonds is 5. The average molecular weight is 267 g/mol. The highest BCUT2D eigenvalue weighted by atomic mass is 32.1. The van der Waals surface area contributed by atoms with Crippen molar-refractivity contribution in [1.82, 2.24) is 5.32 Å². The number of aliphatic hydroxyl groups is 1. The minimum absolute atomic E-state index is 0.226. The highest BCUT2D eigenvalue weighted by Crippen LogP contribution is 2.32. The first-order valence-electron chi connectivity index (χ1n) is 7.12. The maximum absolute atomic E-state index is 9.40. The van der Waals surface area contributed by atoms with E-state index in [0.29, 0.717) is 12.1 Å². The summed E-state index contributed by atoms with van der Waals surface area (Å²) in [5.74, 6) is 0. The molecule has 0 radical (unpaired) electrons. The van der Waals surface area contributed by atoms with Gasteiger partial charge in [0.25, 0.3) is 0 Å². The molecule has 0 aliphatic heterocycles. The molecule has 3 atom stereocenters. The third kappa shape index (κ3) is 3.56. The standard InChI is InChI=1S/C15H25NOS/c1-10(8-11(2)17)16-12(3)15-9-13-6-4-5-7-14(13)18-15/h9-12,16-17H,4-8H2,1-3H3. The number of hydrogen-bond acceptors (Lipinski definition) is 3. The van der Waals surface area contributed by atoms with Crippen LogP contribution in [0.3, 0.4) is 0 Å². The lowest BCUT2D eigenvalue weighted by atomic mass is 9.99. The summed E-state index contributed by atoms with van der Waals surface area (Å²) in [6, 6.07) is 3.15. The fraction of sp³-hybridized carbons (Fsp3) is 0.733. The first-order chi connectivity index (χ1) is 8.56. The van der Waals surface area contributed by atoms with E-state index < -0.39 is 0 Å². The van der Waals surface area contributed by atoms with Crippen molar-refractivity contribution < 1.29 is 5.11 Å². The zero-order valence-electron chi connectivity index (χ0n) is 11.7. The summed E-state index contributed by atoms with van der Waals surface area (Å²) in [6.45, 7) is 6.24. The molecular weight excluding hydrogens is 242 g/mol. The van der Waals surface area contributed by atoms with E-state index >= 15 is 0 Å². The van der Waals surface area contributed by atoms with Gasteiger partial charge in [-0.25, -0.2) is 0 Å². The highest BCUT2D eigenvalue weighted by Gasteiger charge is 2.18. The van der Waals surface area contributed by atoms with Gasteiger partial charge in [-0.2, -0.15) is 0 Å². The second-order valence-electron chi connectivity index (χ2n) is 5.68. The van der Waals surface area contributed by atoms with Gasteiger partial charge in [-0.3, -0.25) is 0 Å². The minimum Gasteiger partial charge on any atom is -0.393 e. The topological polar surface area (TPSA) is 32.3 Å². The Labute approximate surface area is 114 Å². The van der Waals surface area contributed by atoms with E-state index in [4.69, 9.17) is 0 Å². The van der Waals surface area contributed by atoms with Crippen LogP contribution < -0.4 is 5.32 Å². The number of thiophene rings is 1. The van der Waals surface area contributed by atoms with E-state index in [1.165, 1.54) is 30.6 Å². The summed E-state index contributed by atoms with van der Waals surface area (Å²) in [7, 11) is 0. The van der Waals surface area contributed by atoms with Crippen LogP contribution in [0.2, 0.25) is 0 Å². The van der Waals surface area contributed by atoms with Crippen molar-refractivity contribution in [3.8, 4) is 0 Å². The Morgan fingerprint density at radius 2 is 2.00 bits per heavy atom. The van der Waals surface area contributed by atoms with Crippen LogP contribution in [0.5, 0.6) is 0 Å². The zero-order chi connectivity index (χ0) is 13.1. The van der Waals surface area contributed by atoms with Crippen molar-refractivity contribution in [2.75, 3.05) is 0 Å². The van der Waals surface area contributed by atoms with Gasteiger partial charge in [-0.15, -0.1) is 11.3 Å². The molecule has 2 nitrogen and oxygen atoms in total. The highest BCUT2D eigenvalue weighted by molar-refractivity contribution is 7.12. The lowest BCUT2D eigenvalue weighted by molar-refractivity contribution is 0.168. The van der Waals surface area contributed by atoms with Crippen LogP contribution >= 0.6 is 11.3 Å². The Morgan fingerprint density at radius 3 is 2.67 bits per heavy atom. The maximum atomic E-state index is 9.40. The first kappa shape index (κ1) is 14.0. The molecule has 1 aliphatic rings. The molecule has 0 bridgehead atoms. The van der Waals surface area contributed by atoms with Crippen LogP contribution in [0.1, 0.15) is 61.4 Å². The fourth-order valence-electron chi connectivity index (χ4n) is 2.82. The third-order valence-electron chi connectivity index (χ3n) is 3.67. The molecule has 0 spiro atoms. The molecule has 0 amide bonds. The second-order valence-corrected chi connectivity index (χ2v) is 6.85.